The molecule has 3 aromatic rings. The van der Waals surface area contributed by atoms with Crippen LogP contribution in [0.5, 0.6) is 0 Å². The normalized spacial score (nSPS) is 12.2. The summed E-state index contributed by atoms with van der Waals surface area (Å²) in [6.45, 7) is 1.65. The van der Waals surface area contributed by atoms with E-state index in [1.807, 2.05) is 12.1 Å². The Balaban J connectivity index is 1.80. The van der Waals surface area contributed by atoms with E-state index in [1.54, 1.807) is 30.7 Å². The fourth-order valence-electron chi connectivity index (χ4n) is 2.39. The van der Waals surface area contributed by atoms with Crippen LogP contribution in [-0.4, -0.2) is 25.8 Å². The van der Waals surface area contributed by atoms with E-state index in [2.05, 4.69) is 10.2 Å². The SMILES string of the molecule is CC(Sc1nnc(-c2ccc(Cl)cc2)n1C)C(=O)c1ccc(F)cc1F. The lowest BCUT2D eigenvalue weighted by molar-refractivity contribution is 0.0990. The van der Waals surface area contributed by atoms with Gasteiger partial charge in [0.05, 0.1) is 10.8 Å². The Morgan fingerprint density at radius 3 is 2.50 bits per heavy atom. The second kappa shape index (κ2) is 7.55. The number of rotatable bonds is 5. The Kier molecular flexibility index (Phi) is 5.38. The van der Waals surface area contributed by atoms with Gasteiger partial charge in [-0.15, -0.1) is 10.2 Å². The molecule has 0 N–H and O–H groups in total. The van der Waals surface area contributed by atoms with Gasteiger partial charge in [0.15, 0.2) is 16.8 Å². The minimum atomic E-state index is -0.873. The summed E-state index contributed by atoms with van der Waals surface area (Å²) in [6.07, 6.45) is 0. The third kappa shape index (κ3) is 3.78. The molecule has 0 aliphatic rings. The number of carbonyl (C=O) groups is 1. The number of Topliss-reactive ketones (excluding diaryl/α,β-unsaturated/α-hetero) is 1. The van der Waals surface area contributed by atoms with Crippen LogP contribution >= 0.6 is 23.4 Å². The predicted octanol–water partition coefficient (Wildman–Crippen LogP) is 4.78. The van der Waals surface area contributed by atoms with Gasteiger partial charge in [0, 0.05) is 23.7 Å². The van der Waals surface area contributed by atoms with Gasteiger partial charge in [-0.1, -0.05) is 23.4 Å². The first-order valence-corrected chi connectivity index (χ1v) is 8.94. The second-order valence-corrected chi connectivity index (χ2v) is 7.36. The monoisotopic (exact) mass is 393 g/mol. The first kappa shape index (κ1) is 18.5. The van der Waals surface area contributed by atoms with Crippen molar-refractivity contribution < 1.29 is 13.6 Å². The lowest BCUT2D eigenvalue weighted by atomic mass is 10.1. The zero-order valence-corrected chi connectivity index (χ0v) is 15.5. The van der Waals surface area contributed by atoms with Crippen LogP contribution in [0.25, 0.3) is 11.4 Å². The summed E-state index contributed by atoms with van der Waals surface area (Å²) in [7, 11) is 1.78. The summed E-state index contributed by atoms with van der Waals surface area (Å²) < 4.78 is 28.6. The summed E-state index contributed by atoms with van der Waals surface area (Å²) >= 11 is 7.05. The zero-order chi connectivity index (χ0) is 18.8. The van der Waals surface area contributed by atoms with E-state index in [1.165, 1.54) is 0 Å². The van der Waals surface area contributed by atoms with Crippen LogP contribution in [0.1, 0.15) is 17.3 Å². The minimum absolute atomic E-state index is 0.147. The molecule has 2 aromatic carbocycles. The van der Waals surface area contributed by atoms with Crippen molar-refractivity contribution >= 4 is 29.1 Å². The van der Waals surface area contributed by atoms with Gasteiger partial charge in [-0.3, -0.25) is 4.79 Å². The molecule has 8 heteroatoms. The van der Waals surface area contributed by atoms with Crippen LogP contribution < -0.4 is 0 Å². The van der Waals surface area contributed by atoms with Crippen molar-refractivity contribution in [1.82, 2.24) is 14.8 Å². The van der Waals surface area contributed by atoms with Crippen molar-refractivity contribution in [1.29, 1.82) is 0 Å². The van der Waals surface area contributed by atoms with Gasteiger partial charge >= 0.3 is 0 Å². The highest BCUT2D eigenvalue weighted by Gasteiger charge is 2.23. The van der Waals surface area contributed by atoms with Crippen LogP contribution in [0.15, 0.2) is 47.6 Å². The molecule has 1 unspecified atom stereocenters. The van der Waals surface area contributed by atoms with Crippen molar-refractivity contribution in [2.24, 2.45) is 7.05 Å². The van der Waals surface area contributed by atoms with Crippen molar-refractivity contribution in [3.8, 4) is 11.4 Å². The molecule has 4 nitrogen and oxygen atoms in total. The Bertz CT molecular complexity index is 960. The molecule has 26 heavy (non-hydrogen) atoms. The lowest BCUT2D eigenvalue weighted by Gasteiger charge is -2.11. The van der Waals surface area contributed by atoms with E-state index in [0.29, 0.717) is 22.1 Å². The van der Waals surface area contributed by atoms with Gasteiger partial charge in [-0.2, -0.15) is 0 Å². The molecule has 0 saturated carbocycles. The fraction of sp³-hybridized carbons (Fsp3) is 0.167. The van der Waals surface area contributed by atoms with E-state index in [-0.39, 0.29) is 5.56 Å². The number of benzene rings is 2. The van der Waals surface area contributed by atoms with E-state index in [9.17, 15) is 13.6 Å². The summed E-state index contributed by atoms with van der Waals surface area (Å²) in [5.74, 6) is -1.41. The quantitative estimate of drug-likeness (QED) is 0.462. The van der Waals surface area contributed by atoms with Crippen LogP contribution in [0.4, 0.5) is 8.78 Å². The first-order valence-electron chi connectivity index (χ1n) is 7.68. The number of thioether (sulfide) groups is 1. The summed E-state index contributed by atoms with van der Waals surface area (Å²) in [6, 6.07) is 10.1. The molecular formula is C18H14ClF2N3OS. The molecule has 0 aliphatic heterocycles. The number of carbonyl (C=O) groups excluding carboxylic acids is 1. The Morgan fingerprint density at radius 2 is 1.85 bits per heavy atom. The molecule has 0 fully saturated rings. The summed E-state index contributed by atoms with van der Waals surface area (Å²) in [4.78, 5) is 12.5. The topological polar surface area (TPSA) is 47.8 Å². The van der Waals surface area contributed by atoms with Crippen LogP contribution in [0, 0.1) is 11.6 Å². The molecule has 1 aromatic heterocycles. The molecule has 0 saturated heterocycles. The number of hydrogen-bond acceptors (Lipinski definition) is 4. The molecule has 1 atom stereocenters. The van der Waals surface area contributed by atoms with Crippen LogP contribution in [0.2, 0.25) is 5.02 Å². The fourth-order valence-corrected chi connectivity index (χ4v) is 3.40. The highest BCUT2D eigenvalue weighted by atomic mass is 35.5. The molecular weight excluding hydrogens is 380 g/mol. The number of hydrogen-bond donors (Lipinski definition) is 0. The van der Waals surface area contributed by atoms with Gasteiger partial charge in [0.25, 0.3) is 0 Å². The van der Waals surface area contributed by atoms with Crippen molar-refractivity contribution in [3.05, 3.63) is 64.7 Å². The van der Waals surface area contributed by atoms with Crippen molar-refractivity contribution in [2.75, 3.05) is 0 Å². The van der Waals surface area contributed by atoms with Crippen LogP contribution in [-0.2, 0) is 7.05 Å². The molecule has 0 amide bonds. The molecule has 0 aliphatic carbocycles. The van der Waals surface area contributed by atoms with Gasteiger partial charge < -0.3 is 4.57 Å². The molecule has 134 valence electrons. The molecule has 0 bridgehead atoms. The maximum Gasteiger partial charge on any atom is 0.191 e. The minimum Gasteiger partial charge on any atom is -0.305 e. The third-order valence-electron chi connectivity index (χ3n) is 3.79. The lowest BCUT2D eigenvalue weighted by Crippen LogP contribution is -2.16. The molecule has 0 radical (unpaired) electrons. The maximum atomic E-state index is 13.8. The first-order chi connectivity index (χ1) is 12.4. The summed E-state index contributed by atoms with van der Waals surface area (Å²) in [5.41, 5.74) is 0.686. The molecule has 1 heterocycles. The standard InChI is InChI=1S/C18H14ClF2N3OS/c1-10(16(25)14-8-7-13(20)9-15(14)21)26-18-23-22-17(24(18)2)11-3-5-12(19)6-4-11/h3-10H,1-2H3. The number of ketones is 1. The van der Waals surface area contributed by atoms with E-state index >= 15 is 0 Å². The average Bonchev–Trinajstić information content (AvgIpc) is 2.96. The third-order valence-corrected chi connectivity index (χ3v) is 5.17. The Morgan fingerprint density at radius 1 is 1.15 bits per heavy atom. The van der Waals surface area contributed by atoms with Crippen molar-refractivity contribution in [3.63, 3.8) is 0 Å². The molecule has 3 rings (SSSR count). The number of halogens is 3. The van der Waals surface area contributed by atoms with Crippen molar-refractivity contribution in [2.45, 2.75) is 17.3 Å². The predicted molar refractivity (Wildman–Crippen MR) is 97.5 cm³/mol. The van der Waals surface area contributed by atoms with Gasteiger partial charge in [0.1, 0.15) is 11.6 Å². The van der Waals surface area contributed by atoms with Gasteiger partial charge in [-0.25, -0.2) is 8.78 Å². The average molecular weight is 394 g/mol. The smallest absolute Gasteiger partial charge is 0.191 e. The Hall–Kier alpha value is -2.25. The largest absolute Gasteiger partial charge is 0.305 e. The molecule has 0 spiro atoms. The highest BCUT2D eigenvalue weighted by Crippen LogP contribution is 2.28. The van der Waals surface area contributed by atoms with E-state index in [0.717, 1.165) is 29.5 Å². The zero-order valence-electron chi connectivity index (χ0n) is 13.9. The van der Waals surface area contributed by atoms with E-state index in [4.69, 9.17) is 11.6 Å². The summed E-state index contributed by atoms with van der Waals surface area (Å²) in [5, 5.41) is 8.76. The Labute approximate surface area is 158 Å². The maximum absolute atomic E-state index is 13.8. The second-order valence-electron chi connectivity index (χ2n) is 5.62. The van der Waals surface area contributed by atoms with E-state index < -0.39 is 22.7 Å². The van der Waals surface area contributed by atoms with Gasteiger partial charge in [0.2, 0.25) is 0 Å². The van der Waals surface area contributed by atoms with Crippen LogP contribution in [0.3, 0.4) is 0 Å². The number of aromatic nitrogens is 3. The number of nitrogens with zero attached hydrogens (tertiary/aromatic N) is 3. The van der Waals surface area contributed by atoms with Gasteiger partial charge in [-0.05, 0) is 43.3 Å². The highest BCUT2D eigenvalue weighted by molar-refractivity contribution is 8.00.